The normalized spacial score (nSPS) is 10.9. The van der Waals surface area contributed by atoms with E-state index in [1.807, 2.05) is 30.3 Å². The number of hydrazone groups is 1. The molecule has 0 saturated carbocycles. The first-order valence-electron chi connectivity index (χ1n) is 10.8. The summed E-state index contributed by atoms with van der Waals surface area (Å²) in [4.78, 5) is 36.4. The van der Waals surface area contributed by atoms with Crippen LogP contribution in [0.1, 0.15) is 24.5 Å². The molecule has 3 aromatic carbocycles. The Hall–Kier alpha value is -4.17. The molecule has 0 fully saturated rings. The van der Waals surface area contributed by atoms with Gasteiger partial charge in [0, 0.05) is 22.1 Å². The molecule has 3 N–H and O–H groups in total. The van der Waals surface area contributed by atoms with Crippen molar-refractivity contribution >= 4 is 46.4 Å². The average molecular weight is 493 g/mol. The summed E-state index contributed by atoms with van der Waals surface area (Å²) in [6.07, 6.45) is -0.0679. The molecule has 0 aliphatic heterocycles. The van der Waals surface area contributed by atoms with Crippen LogP contribution in [0, 0.1) is 6.92 Å². The maximum atomic E-state index is 12.3. The Kier molecular flexibility index (Phi) is 8.97. The Bertz CT molecular complexity index is 1230. The SMILES string of the molecule is C/C(CC(=O)Nc1ccc(OCc2ccccc2)cc1)=N\NC(=O)C(=O)Nc1cccc(Cl)c1C. The smallest absolute Gasteiger partial charge is 0.329 e. The van der Waals surface area contributed by atoms with E-state index in [2.05, 4.69) is 21.2 Å². The van der Waals surface area contributed by atoms with Gasteiger partial charge >= 0.3 is 11.8 Å². The molecular weight excluding hydrogens is 468 g/mol. The molecule has 3 aromatic rings. The van der Waals surface area contributed by atoms with Gasteiger partial charge in [-0.25, -0.2) is 5.43 Å². The van der Waals surface area contributed by atoms with Crippen molar-refractivity contribution in [2.24, 2.45) is 5.10 Å². The van der Waals surface area contributed by atoms with E-state index in [1.54, 1.807) is 56.3 Å². The first-order valence-corrected chi connectivity index (χ1v) is 11.2. The number of hydrogen-bond acceptors (Lipinski definition) is 5. The topological polar surface area (TPSA) is 109 Å². The van der Waals surface area contributed by atoms with E-state index >= 15 is 0 Å². The predicted octanol–water partition coefficient (Wildman–Crippen LogP) is 4.69. The molecule has 0 heterocycles. The molecule has 0 aliphatic carbocycles. The van der Waals surface area contributed by atoms with Crippen LogP contribution in [0.3, 0.4) is 0 Å². The molecule has 3 amide bonds. The fourth-order valence-corrected chi connectivity index (χ4v) is 3.15. The maximum Gasteiger partial charge on any atom is 0.329 e. The van der Waals surface area contributed by atoms with Gasteiger partial charge in [0.1, 0.15) is 12.4 Å². The number of carbonyl (C=O) groups excluding carboxylic acids is 3. The van der Waals surface area contributed by atoms with Crippen molar-refractivity contribution in [1.82, 2.24) is 5.43 Å². The lowest BCUT2D eigenvalue weighted by Crippen LogP contribution is -2.33. The zero-order chi connectivity index (χ0) is 25.2. The molecule has 0 spiro atoms. The molecule has 8 nitrogen and oxygen atoms in total. The van der Waals surface area contributed by atoms with E-state index in [9.17, 15) is 14.4 Å². The molecule has 9 heteroatoms. The van der Waals surface area contributed by atoms with Crippen molar-refractivity contribution in [1.29, 1.82) is 0 Å². The summed E-state index contributed by atoms with van der Waals surface area (Å²) >= 11 is 6.01. The standard InChI is InChI=1S/C26H25ClN4O4/c1-17(30-31-26(34)25(33)29-23-10-6-9-22(27)18(23)2)15-24(32)28-20-11-13-21(14-12-20)35-16-19-7-4-3-5-8-19/h3-14H,15-16H2,1-2H3,(H,28,32)(H,29,33)(H,31,34)/b30-17+. The third kappa shape index (κ3) is 7.97. The fraction of sp³-hybridized carbons (Fsp3) is 0.154. The molecule has 35 heavy (non-hydrogen) atoms. The number of benzene rings is 3. The van der Waals surface area contributed by atoms with Crippen LogP contribution < -0.4 is 20.8 Å². The Morgan fingerprint density at radius 2 is 1.60 bits per heavy atom. The Morgan fingerprint density at radius 3 is 2.31 bits per heavy atom. The second-order valence-corrected chi connectivity index (χ2v) is 8.09. The van der Waals surface area contributed by atoms with Crippen molar-refractivity contribution in [3.63, 3.8) is 0 Å². The number of amides is 3. The molecule has 3 rings (SSSR count). The summed E-state index contributed by atoms with van der Waals surface area (Å²) in [5.41, 5.74) is 5.19. The quantitative estimate of drug-likeness (QED) is 0.241. The van der Waals surface area contributed by atoms with E-state index in [0.29, 0.717) is 40.0 Å². The minimum absolute atomic E-state index is 0.0679. The lowest BCUT2D eigenvalue weighted by molar-refractivity contribution is -0.136. The second-order valence-electron chi connectivity index (χ2n) is 7.68. The van der Waals surface area contributed by atoms with Crippen molar-refractivity contribution in [2.75, 3.05) is 10.6 Å². The van der Waals surface area contributed by atoms with Crippen molar-refractivity contribution in [2.45, 2.75) is 26.9 Å². The van der Waals surface area contributed by atoms with Crippen LogP contribution in [0.4, 0.5) is 11.4 Å². The summed E-state index contributed by atoms with van der Waals surface area (Å²) in [5, 5.41) is 9.52. The van der Waals surface area contributed by atoms with E-state index in [1.165, 1.54) is 0 Å². The molecule has 0 bridgehead atoms. The predicted molar refractivity (Wildman–Crippen MR) is 137 cm³/mol. The first kappa shape index (κ1) is 25.5. The molecule has 0 saturated heterocycles. The summed E-state index contributed by atoms with van der Waals surface area (Å²) < 4.78 is 5.73. The molecule has 0 atom stereocenters. The first-order chi connectivity index (χ1) is 16.8. The van der Waals surface area contributed by atoms with Gasteiger partial charge in [0.05, 0.1) is 6.42 Å². The molecule has 180 valence electrons. The largest absolute Gasteiger partial charge is 0.489 e. The monoisotopic (exact) mass is 492 g/mol. The summed E-state index contributed by atoms with van der Waals surface area (Å²) in [5.74, 6) is -1.50. The highest BCUT2D eigenvalue weighted by Gasteiger charge is 2.15. The number of rotatable bonds is 8. The van der Waals surface area contributed by atoms with E-state index in [-0.39, 0.29) is 12.3 Å². The number of halogens is 1. The number of ether oxygens (including phenoxy) is 1. The van der Waals surface area contributed by atoms with Crippen LogP contribution in [-0.2, 0) is 21.0 Å². The summed E-state index contributed by atoms with van der Waals surface area (Å²) in [6.45, 7) is 3.74. The molecule has 0 aromatic heterocycles. The van der Waals surface area contributed by atoms with Crippen LogP contribution in [0.5, 0.6) is 5.75 Å². The molecule has 0 unspecified atom stereocenters. The lowest BCUT2D eigenvalue weighted by atomic mass is 10.2. The third-order valence-corrected chi connectivity index (χ3v) is 5.28. The van der Waals surface area contributed by atoms with Crippen LogP contribution in [-0.4, -0.2) is 23.4 Å². The van der Waals surface area contributed by atoms with Gasteiger partial charge < -0.3 is 15.4 Å². The minimum atomic E-state index is -0.963. The minimum Gasteiger partial charge on any atom is -0.489 e. The van der Waals surface area contributed by atoms with Crippen LogP contribution >= 0.6 is 11.6 Å². The lowest BCUT2D eigenvalue weighted by Gasteiger charge is -2.09. The third-order valence-electron chi connectivity index (χ3n) is 4.87. The average Bonchev–Trinajstić information content (AvgIpc) is 2.85. The Morgan fingerprint density at radius 1 is 0.886 bits per heavy atom. The highest BCUT2D eigenvalue weighted by Crippen LogP contribution is 2.22. The van der Waals surface area contributed by atoms with Crippen molar-refractivity contribution in [3.8, 4) is 5.75 Å². The van der Waals surface area contributed by atoms with Gasteiger partial charge in [-0.15, -0.1) is 0 Å². The Balaban J connectivity index is 1.44. The fourth-order valence-electron chi connectivity index (χ4n) is 2.97. The number of hydrogen-bond donors (Lipinski definition) is 3. The number of anilines is 2. The van der Waals surface area contributed by atoms with Crippen LogP contribution in [0.15, 0.2) is 77.9 Å². The number of nitrogens with zero attached hydrogens (tertiary/aromatic N) is 1. The highest BCUT2D eigenvalue weighted by atomic mass is 35.5. The van der Waals surface area contributed by atoms with Gasteiger partial charge in [-0.3, -0.25) is 14.4 Å². The van der Waals surface area contributed by atoms with Gasteiger partial charge in [0.25, 0.3) is 0 Å². The second kappa shape index (κ2) is 12.3. The van der Waals surface area contributed by atoms with E-state index in [0.717, 1.165) is 5.56 Å². The van der Waals surface area contributed by atoms with Gasteiger partial charge in [0.15, 0.2) is 0 Å². The van der Waals surface area contributed by atoms with Crippen molar-refractivity contribution < 1.29 is 19.1 Å². The van der Waals surface area contributed by atoms with Crippen LogP contribution in [0.2, 0.25) is 5.02 Å². The maximum absolute atomic E-state index is 12.3. The summed E-state index contributed by atoms with van der Waals surface area (Å²) in [6, 6.07) is 21.8. The van der Waals surface area contributed by atoms with Gasteiger partial charge in [-0.1, -0.05) is 48.0 Å². The summed E-state index contributed by atoms with van der Waals surface area (Å²) in [7, 11) is 0. The zero-order valence-corrected chi connectivity index (χ0v) is 20.1. The Labute approximate surface area is 208 Å². The zero-order valence-electron chi connectivity index (χ0n) is 19.3. The molecule has 0 aliphatic rings. The van der Waals surface area contributed by atoms with Crippen molar-refractivity contribution in [3.05, 3.63) is 88.9 Å². The van der Waals surface area contributed by atoms with Gasteiger partial charge in [0.2, 0.25) is 5.91 Å². The van der Waals surface area contributed by atoms with Gasteiger partial charge in [-0.2, -0.15) is 5.10 Å². The van der Waals surface area contributed by atoms with Gasteiger partial charge in [-0.05, 0) is 61.4 Å². The number of carbonyl (C=O) groups is 3. The molecule has 0 radical (unpaired) electrons. The molecular formula is C26H25ClN4O4. The van der Waals surface area contributed by atoms with E-state index in [4.69, 9.17) is 16.3 Å². The van der Waals surface area contributed by atoms with E-state index < -0.39 is 11.8 Å². The number of nitrogens with one attached hydrogen (secondary N) is 3. The highest BCUT2D eigenvalue weighted by molar-refractivity contribution is 6.40. The van der Waals surface area contributed by atoms with Crippen LogP contribution in [0.25, 0.3) is 0 Å².